The summed E-state index contributed by atoms with van der Waals surface area (Å²) in [5.41, 5.74) is 6.32. The lowest BCUT2D eigenvalue weighted by Gasteiger charge is -2.42. The first kappa shape index (κ1) is 21.1. The summed E-state index contributed by atoms with van der Waals surface area (Å²) in [7, 11) is 1.85. The van der Waals surface area contributed by atoms with Crippen LogP contribution < -0.4 is 26.0 Å². The number of alkyl halides is 3. The highest BCUT2D eigenvalue weighted by Crippen LogP contribution is 2.45. The Labute approximate surface area is 176 Å². The fourth-order valence-electron chi connectivity index (χ4n) is 3.98. The molecule has 3 aliphatic heterocycles. The molecule has 0 radical (unpaired) electrons. The van der Waals surface area contributed by atoms with Crippen LogP contribution in [0, 0.1) is 23.2 Å². The van der Waals surface area contributed by atoms with Crippen LogP contribution in [0.2, 0.25) is 0 Å². The molecule has 1 aromatic heterocycles. The number of likely N-dealkylation sites (tertiary alicyclic amines) is 1. The monoisotopic (exact) mass is 444 g/mol. The second kappa shape index (κ2) is 8.20. The first-order chi connectivity index (χ1) is 14.3. The van der Waals surface area contributed by atoms with Crippen molar-refractivity contribution >= 4 is 29.4 Å². The minimum absolute atomic E-state index is 0. The van der Waals surface area contributed by atoms with Crippen LogP contribution in [-0.4, -0.2) is 66.5 Å². The second-order valence-electron chi connectivity index (χ2n) is 7.58. The largest absolute Gasteiger partial charge is 0.394 e. The van der Waals surface area contributed by atoms with E-state index in [4.69, 9.17) is 0 Å². The number of pyridine rings is 1. The van der Waals surface area contributed by atoms with Gasteiger partial charge in [-0.2, -0.15) is 18.4 Å². The van der Waals surface area contributed by atoms with Crippen LogP contribution in [0.25, 0.3) is 0 Å². The number of nitriles is 1. The third-order valence-corrected chi connectivity index (χ3v) is 6.58. The van der Waals surface area contributed by atoms with E-state index in [-0.39, 0.29) is 18.6 Å². The first-order valence-corrected chi connectivity index (χ1v) is 10.3. The number of hydrogen-bond acceptors (Lipinski definition) is 9. The summed E-state index contributed by atoms with van der Waals surface area (Å²) in [6, 6.07) is 2.58. The van der Waals surface area contributed by atoms with E-state index in [1.807, 2.05) is 18.0 Å². The molecule has 4 N–H and O–H groups in total. The van der Waals surface area contributed by atoms with Gasteiger partial charge in [0.15, 0.2) is 5.82 Å². The number of carbonyl (C=O) groups is 1. The molecular weight excluding hydrogens is 421 g/mol. The minimum Gasteiger partial charge on any atom is -0.324 e. The molecule has 4 rings (SSSR count). The SMILES string of the molecule is CN1CC(C2NSC(C(=O)Nc3cnc(N4NCCN4)c(C#N)c3)C2C(F)(F)F)C1.[HH]. The van der Waals surface area contributed by atoms with Gasteiger partial charge in [-0.15, -0.1) is 0 Å². The molecule has 0 saturated carbocycles. The molecule has 13 heteroatoms. The van der Waals surface area contributed by atoms with E-state index < -0.39 is 29.3 Å². The van der Waals surface area contributed by atoms with E-state index in [9.17, 15) is 23.2 Å². The van der Waals surface area contributed by atoms with Crippen molar-refractivity contribution in [1.82, 2.24) is 25.5 Å². The second-order valence-corrected chi connectivity index (χ2v) is 8.56. The third kappa shape index (κ3) is 4.06. The summed E-state index contributed by atoms with van der Waals surface area (Å²) in [5.74, 6) is -2.38. The van der Waals surface area contributed by atoms with E-state index in [0.29, 0.717) is 32.0 Å². The van der Waals surface area contributed by atoms with Gasteiger partial charge in [0.1, 0.15) is 11.3 Å². The van der Waals surface area contributed by atoms with Gasteiger partial charge < -0.3 is 10.2 Å². The summed E-state index contributed by atoms with van der Waals surface area (Å²) in [6.45, 7) is 2.45. The van der Waals surface area contributed by atoms with E-state index in [1.165, 1.54) is 17.4 Å². The van der Waals surface area contributed by atoms with Crippen LogP contribution in [-0.2, 0) is 4.79 Å². The number of rotatable bonds is 4. The van der Waals surface area contributed by atoms with Crippen LogP contribution in [0.4, 0.5) is 24.7 Å². The lowest BCUT2D eigenvalue weighted by molar-refractivity contribution is -0.186. The molecule has 0 aliphatic carbocycles. The molecule has 30 heavy (non-hydrogen) atoms. The smallest absolute Gasteiger partial charge is 0.324 e. The molecule has 3 saturated heterocycles. The molecule has 0 aromatic carbocycles. The van der Waals surface area contributed by atoms with Crippen LogP contribution in [0.1, 0.15) is 6.99 Å². The highest BCUT2D eigenvalue weighted by Gasteiger charge is 2.58. The molecule has 3 unspecified atom stereocenters. The maximum atomic E-state index is 13.8. The summed E-state index contributed by atoms with van der Waals surface area (Å²) < 4.78 is 44.2. The maximum Gasteiger partial charge on any atom is 0.394 e. The van der Waals surface area contributed by atoms with Gasteiger partial charge in [-0.05, 0) is 13.1 Å². The van der Waals surface area contributed by atoms with Crippen molar-refractivity contribution in [2.24, 2.45) is 11.8 Å². The van der Waals surface area contributed by atoms with Crippen molar-refractivity contribution < 1.29 is 19.4 Å². The molecule has 1 aromatic rings. The highest BCUT2D eigenvalue weighted by molar-refractivity contribution is 7.99. The van der Waals surface area contributed by atoms with Crippen molar-refractivity contribution in [3.05, 3.63) is 17.8 Å². The molecule has 164 valence electrons. The number of amides is 1. The zero-order chi connectivity index (χ0) is 21.5. The number of carbonyl (C=O) groups excluding carboxylic acids is 1. The highest BCUT2D eigenvalue weighted by atomic mass is 32.2. The molecule has 3 fully saturated rings. The zero-order valence-electron chi connectivity index (χ0n) is 16.0. The summed E-state index contributed by atoms with van der Waals surface area (Å²) in [5, 5.41) is 12.1. The van der Waals surface area contributed by atoms with Crippen LogP contribution in [0.5, 0.6) is 0 Å². The van der Waals surface area contributed by atoms with Gasteiger partial charge in [0.2, 0.25) is 5.91 Å². The molecule has 3 atom stereocenters. The number of hydrazine groups is 2. The van der Waals surface area contributed by atoms with Crippen molar-refractivity contribution in [2.45, 2.75) is 17.5 Å². The summed E-state index contributed by atoms with van der Waals surface area (Å²) >= 11 is 0.811. The van der Waals surface area contributed by atoms with E-state index in [2.05, 4.69) is 25.9 Å². The van der Waals surface area contributed by atoms with Crippen molar-refractivity contribution in [3.8, 4) is 6.07 Å². The molecule has 4 heterocycles. The Balaban J connectivity index is 0.00000272. The number of halogens is 3. The average Bonchev–Trinajstić information content (AvgIpc) is 3.34. The molecule has 1 amide bonds. The molecule has 0 bridgehead atoms. The van der Waals surface area contributed by atoms with E-state index in [1.54, 1.807) is 0 Å². The topological polar surface area (TPSA) is 108 Å². The normalized spacial score (nSPS) is 27.7. The Bertz CT molecular complexity index is 857. The summed E-state index contributed by atoms with van der Waals surface area (Å²) in [4.78, 5) is 18.8. The zero-order valence-corrected chi connectivity index (χ0v) is 16.8. The van der Waals surface area contributed by atoms with Crippen molar-refractivity contribution in [2.75, 3.05) is 43.7 Å². The van der Waals surface area contributed by atoms with E-state index >= 15 is 0 Å². The molecule has 9 nitrogen and oxygen atoms in total. The number of anilines is 2. The maximum absolute atomic E-state index is 13.8. The van der Waals surface area contributed by atoms with Gasteiger partial charge in [0.25, 0.3) is 0 Å². The van der Waals surface area contributed by atoms with Gasteiger partial charge >= 0.3 is 6.18 Å². The number of nitrogens with one attached hydrogen (secondary N) is 4. The predicted molar refractivity (Wildman–Crippen MR) is 107 cm³/mol. The van der Waals surface area contributed by atoms with Gasteiger partial charge in [-0.1, -0.05) is 11.9 Å². The van der Waals surface area contributed by atoms with Crippen LogP contribution >= 0.6 is 11.9 Å². The predicted octanol–water partition coefficient (Wildman–Crippen LogP) is 0.696. The van der Waals surface area contributed by atoms with Crippen molar-refractivity contribution in [1.29, 1.82) is 5.26 Å². The Morgan fingerprint density at radius 2 is 2.10 bits per heavy atom. The summed E-state index contributed by atoms with van der Waals surface area (Å²) in [6.07, 6.45) is -3.19. The fourth-order valence-corrected chi connectivity index (χ4v) is 5.26. The van der Waals surface area contributed by atoms with Crippen molar-refractivity contribution in [3.63, 3.8) is 0 Å². The fraction of sp³-hybridized carbons (Fsp3) is 0.588. The Kier molecular flexibility index (Phi) is 5.78. The molecular formula is C17H23F3N8OS. The Morgan fingerprint density at radius 3 is 2.70 bits per heavy atom. The number of hydrogen-bond donors (Lipinski definition) is 4. The third-order valence-electron chi connectivity index (χ3n) is 5.41. The van der Waals surface area contributed by atoms with Crippen LogP contribution in [0.15, 0.2) is 12.3 Å². The Hall–Kier alpha value is -2.11. The van der Waals surface area contributed by atoms with Gasteiger partial charge in [0, 0.05) is 39.6 Å². The number of aromatic nitrogens is 1. The van der Waals surface area contributed by atoms with Gasteiger partial charge in [-0.3, -0.25) is 9.52 Å². The Morgan fingerprint density at radius 1 is 1.40 bits per heavy atom. The van der Waals surface area contributed by atoms with E-state index in [0.717, 1.165) is 11.9 Å². The quantitative estimate of drug-likeness (QED) is 0.499. The average molecular weight is 444 g/mol. The van der Waals surface area contributed by atoms with Gasteiger partial charge in [0.05, 0.1) is 23.4 Å². The lowest BCUT2D eigenvalue weighted by atomic mass is 9.82. The minimum atomic E-state index is -4.51. The lowest BCUT2D eigenvalue weighted by Crippen LogP contribution is -2.57. The molecule has 3 aliphatic rings. The standard InChI is InChI=1S/C17H21F3N8OS.H2/c1-27-7-10(8-27)13-12(17(18,19)20)14(30-26-13)16(29)25-11-4-9(5-21)15(22-6-11)28-23-2-3-24-28;/h4,6,10,12-14,23-24,26H,2-3,7-8H2,1H3,(H,25,29);1H. The van der Waals surface area contributed by atoms with Crippen LogP contribution in [0.3, 0.4) is 0 Å². The van der Waals surface area contributed by atoms with Gasteiger partial charge in [-0.25, -0.2) is 21.0 Å². The number of nitrogens with zero attached hydrogens (tertiary/aromatic N) is 4. The first-order valence-electron chi connectivity index (χ1n) is 9.42. The molecule has 0 spiro atoms.